The Balaban J connectivity index is 6.94. The van der Waals surface area contributed by atoms with Crippen LogP contribution in [0.25, 0.3) is 0 Å². The lowest BCUT2D eigenvalue weighted by molar-refractivity contribution is -0.157. The highest BCUT2D eigenvalue weighted by atomic mass is 16.3. The highest BCUT2D eigenvalue weighted by molar-refractivity contribution is 5.98. The van der Waals surface area contributed by atoms with Gasteiger partial charge in [-0.25, -0.2) is 0 Å². The Morgan fingerprint density at radius 1 is 0.506 bits per heavy atom. The minimum absolute atomic E-state index is 0.0462. The minimum Gasteiger partial charge on any atom is -0.390 e. The molecule has 0 aliphatic rings. The van der Waals surface area contributed by atoms with Gasteiger partial charge in [0.2, 0.25) is 65.0 Å². The van der Waals surface area contributed by atoms with E-state index in [0.29, 0.717) is 6.42 Å². The smallest absolute Gasteiger partial charge is 0.246 e. The average molecular weight is 1120 g/mol. The lowest BCUT2D eigenvalue weighted by Crippen LogP contribution is -2.63. The van der Waals surface area contributed by atoms with Crippen LogP contribution in [0.3, 0.4) is 0 Å². The first kappa shape index (κ1) is 72.9. The van der Waals surface area contributed by atoms with Crippen molar-refractivity contribution in [3.63, 3.8) is 0 Å². The zero-order chi connectivity index (χ0) is 61.8. The number of carbonyl (C=O) groups excluding carboxylic acids is 11. The highest BCUT2D eigenvalue weighted by Crippen LogP contribution is 2.25. The lowest BCUT2D eigenvalue weighted by Gasteiger charge is -2.41. The minimum atomic E-state index is -1.59. The first-order chi connectivity index (χ1) is 36.3. The molecular weight excluding hydrogens is 1020 g/mol. The molecule has 0 rings (SSSR count). The summed E-state index contributed by atoms with van der Waals surface area (Å²) in [7, 11) is 9.87. The Hall–Kier alpha value is -6.13. The fourth-order valence-electron chi connectivity index (χ4n) is 8.92. The van der Waals surface area contributed by atoms with E-state index in [0.717, 1.165) is 14.7 Å². The van der Waals surface area contributed by atoms with E-state index in [1.807, 2.05) is 41.5 Å². The number of aliphatic hydroxyl groups is 1. The molecule has 23 heteroatoms. The van der Waals surface area contributed by atoms with Crippen molar-refractivity contribution < 1.29 is 57.8 Å². The number of primary amides is 1. The standard InChI is InChI=1S/C56H101N11O12/c1-23-25-26-35(11)47(70)46(50(73)60-40(24-2)53(76)62(17)30-44(69)61(16)29-43(57)68)67(22)56(79)45(34(9)10)66(21)55(78)42(28-32(5)6)65(20)54(77)41(27-31(3)4)64(19)52(75)38(14)59-48(71)37(13)58-49(72)39(15)63(18)51(74)36(12)33(7)8/h23,25,31-42,45-47,70H,24,26-30H2,1-22H3,(H2,57,68)(H,58,72)(H,59,71)(H,60,73)/b25-23-/t35-,36-,37-,38+,39+,40-,41-,42-,45-,46?,47+/m1/s1. The molecule has 79 heavy (non-hydrogen) atoms. The maximum Gasteiger partial charge on any atom is 0.246 e. The van der Waals surface area contributed by atoms with Gasteiger partial charge in [-0.15, -0.1) is 0 Å². The van der Waals surface area contributed by atoms with Crippen LogP contribution in [-0.4, -0.2) is 221 Å². The van der Waals surface area contributed by atoms with Crippen molar-refractivity contribution >= 4 is 65.0 Å². The molecule has 0 fully saturated rings. The van der Waals surface area contributed by atoms with E-state index in [2.05, 4.69) is 16.0 Å². The number of carbonyl (C=O) groups is 11. The summed E-state index contributed by atoms with van der Waals surface area (Å²) in [5.41, 5.74) is 5.23. The fourth-order valence-corrected chi connectivity index (χ4v) is 8.92. The Labute approximate surface area is 471 Å². The van der Waals surface area contributed by atoms with Crippen LogP contribution in [-0.2, 0) is 52.7 Å². The van der Waals surface area contributed by atoms with Crippen molar-refractivity contribution in [2.24, 2.45) is 41.2 Å². The van der Waals surface area contributed by atoms with E-state index in [4.69, 9.17) is 5.73 Å². The van der Waals surface area contributed by atoms with Gasteiger partial charge in [-0.2, -0.15) is 0 Å². The van der Waals surface area contributed by atoms with Gasteiger partial charge in [-0.1, -0.05) is 88.3 Å². The maximum absolute atomic E-state index is 15.0. The summed E-state index contributed by atoms with van der Waals surface area (Å²) in [6.45, 7) is 25.2. The molecule has 0 saturated carbocycles. The summed E-state index contributed by atoms with van der Waals surface area (Å²) < 4.78 is 0. The number of allylic oxidation sites excluding steroid dienone is 2. The normalized spacial score (nSPS) is 15.8. The van der Waals surface area contributed by atoms with Crippen LogP contribution < -0.4 is 21.7 Å². The van der Waals surface area contributed by atoms with Gasteiger partial charge in [0.25, 0.3) is 0 Å². The van der Waals surface area contributed by atoms with Crippen molar-refractivity contribution in [3.05, 3.63) is 12.2 Å². The summed E-state index contributed by atoms with van der Waals surface area (Å²) in [4.78, 5) is 159. The van der Waals surface area contributed by atoms with Crippen molar-refractivity contribution in [2.75, 3.05) is 62.4 Å². The number of likely N-dealkylation sites (N-methyl/N-ethyl adjacent to an activating group) is 7. The predicted octanol–water partition coefficient (Wildman–Crippen LogP) is 1.45. The molecule has 6 N–H and O–H groups in total. The number of rotatable bonds is 32. The maximum atomic E-state index is 15.0. The van der Waals surface area contributed by atoms with Crippen molar-refractivity contribution in [1.29, 1.82) is 0 Å². The van der Waals surface area contributed by atoms with E-state index in [-0.39, 0.29) is 55.4 Å². The fraction of sp³-hybridized carbons (Fsp3) is 0.768. The van der Waals surface area contributed by atoms with E-state index < -0.39 is 132 Å². The molecule has 0 aromatic carbocycles. The predicted molar refractivity (Wildman–Crippen MR) is 303 cm³/mol. The second-order valence-electron chi connectivity index (χ2n) is 23.0. The molecule has 0 aliphatic heterocycles. The molecule has 11 amide bonds. The third-order valence-corrected chi connectivity index (χ3v) is 14.7. The topological polar surface area (TPSA) is 293 Å². The lowest BCUT2D eigenvalue weighted by atomic mass is 9.91. The Morgan fingerprint density at radius 2 is 0.975 bits per heavy atom. The van der Waals surface area contributed by atoms with Gasteiger partial charge in [0.05, 0.1) is 19.2 Å². The van der Waals surface area contributed by atoms with Crippen LogP contribution in [0.4, 0.5) is 0 Å². The van der Waals surface area contributed by atoms with Crippen molar-refractivity contribution in [1.82, 2.24) is 50.2 Å². The highest BCUT2D eigenvalue weighted by Gasteiger charge is 2.45. The molecule has 0 aromatic heterocycles. The Morgan fingerprint density at radius 3 is 1.42 bits per heavy atom. The summed E-state index contributed by atoms with van der Waals surface area (Å²) in [5, 5.41) is 19.8. The van der Waals surface area contributed by atoms with E-state index in [9.17, 15) is 57.8 Å². The van der Waals surface area contributed by atoms with Gasteiger partial charge in [0, 0.05) is 55.3 Å². The molecule has 0 heterocycles. The van der Waals surface area contributed by atoms with Gasteiger partial charge in [-0.05, 0) is 83.0 Å². The summed E-state index contributed by atoms with van der Waals surface area (Å²) >= 11 is 0. The third kappa shape index (κ3) is 21.5. The zero-order valence-electron chi connectivity index (χ0n) is 51.7. The van der Waals surface area contributed by atoms with Crippen LogP contribution in [0.2, 0.25) is 0 Å². The Kier molecular flexibility index (Phi) is 30.9. The van der Waals surface area contributed by atoms with Crippen LogP contribution in [0.15, 0.2) is 12.2 Å². The largest absolute Gasteiger partial charge is 0.390 e. The Bertz CT molecular complexity index is 2140. The van der Waals surface area contributed by atoms with Crippen LogP contribution in [0.5, 0.6) is 0 Å². The number of aliphatic hydroxyl groups excluding tert-OH is 1. The monoisotopic (exact) mass is 1120 g/mol. The first-order valence-corrected chi connectivity index (χ1v) is 27.6. The van der Waals surface area contributed by atoms with E-state index >= 15 is 0 Å². The number of nitrogens with one attached hydrogen (secondary N) is 3. The van der Waals surface area contributed by atoms with E-state index in [1.165, 1.54) is 82.8 Å². The van der Waals surface area contributed by atoms with Gasteiger partial charge >= 0.3 is 0 Å². The second-order valence-corrected chi connectivity index (χ2v) is 23.0. The van der Waals surface area contributed by atoms with Gasteiger partial charge in [-0.3, -0.25) is 52.7 Å². The number of nitrogens with two attached hydrogens (primary N) is 1. The number of hydrogen-bond donors (Lipinski definition) is 5. The molecule has 23 nitrogen and oxygen atoms in total. The number of amides is 11. The molecule has 452 valence electrons. The second kappa shape index (κ2) is 33.5. The van der Waals surface area contributed by atoms with Crippen molar-refractivity contribution in [3.8, 4) is 0 Å². The van der Waals surface area contributed by atoms with Crippen LogP contribution >= 0.6 is 0 Å². The molecule has 0 aromatic rings. The quantitative estimate of drug-likeness (QED) is 0.0599. The number of nitrogens with zero attached hydrogens (tertiary/aromatic N) is 7. The summed E-state index contributed by atoms with van der Waals surface area (Å²) in [6.07, 6.45) is 2.77. The molecule has 11 atom stereocenters. The van der Waals surface area contributed by atoms with Gasteiger partial charge in [0.15, 0.2) is 0 Å². The molecule has 0 saturated heterocycles. The van der Waals surface area contributed by atoms with Crippen LogP contribution in [0, 0.1) is 35.5 Å². The number of hydrogen-bond acceptors (Lipinski definition) is 12. The molecule has 0 bridgehead atoms. The molecule has 1 unspecified atom stereocenters. The van der Waals surface area contributed by atoms with Gasteiger partial charge in [0.1, 0.15) is 48.3 Å². The zero-order valence-corrected chi connectivity index (χ0v) is 51.7. The SMILES string of the molecule is C/C=C\C[C@@H](C)[C@H](O)C(C(=O)N[C@H](CC)C(=O)N(C)CC(=O)N(C)CC(N)=O)N(C)C(=O)[C@@H](C(C)C)N(C)C(=O)[C@@H](CC(C)C)N(C)C(=O)[C@@H](CC(C)C)N(C)C(=O)[C@H](C)NC(=O)[C@@H](C)NC(=O)[C@H](C)N(C)C(=O)[C@H](C)C(C)C. The molecule has 0 aliphatic carbocycles. The van der Waals surface area contributed by atoms with E-state index in [1.54, 1.807) is 60.6 Å². The summed E-state index contributed by atoms with van der Waals surface area (Å²) in [5.74, 6) is -8.63. The molecule has 0 spiro atoms. The average Bonchev–Trinajstić information content (AvgIpc) is 3.37. The molecule has 0 radical (unpaired) electrons. The third-order valence-electron chi connectivity index (χ3n) is 14.7. The first-order valence-electron chi connectivity index (χ1n) is 27.6. The molecular formula is C56H101N11O12. The van der Waals surface area contributed by atoms with Crippen molar-refractivity contribution in [2.45, 2.75) is 184 Å². The van der Waals surface area contributed by atoms with Crippen LogP contribution in [0.1, 0.15) is 130 Å². The summed E-state index contributed by atoms with van der Waals surface area (Å²) in [6, 6.07) is -9.50. The van der Waals surface area contributed by atoms with Gasteiger partial charge < -0.3 is 61.1 Å².